The lowest BCUT2D eigenvalue weighted by Crippen LogP contribution is -2.35. The number of pyridine rings is 1. The molecule has 2 aliphatic rings. The second-order valence-electron chi connectivity index (χ2n) is 7.27. The van der Waals surface area contributed by atoms with Crippen molar-refractivity contribution in [2.75, 3.05) is 0 Å². The summed E-state index contributed by atoms with van der Waals surface area (Å²) in [5.41, 5.74) is 2.58. The van der Waals surface area contributed by atoms with E-state index in [4.69, 9.17) is 33.3 Å². The van der Waals surface area contributed by atoms with E-state index in [1.807, 2.05) is 12.1 Å². The Hall–Kier alpha value is -3.46. The van der Waals surface area contributed by atoms with E-state index in [9.17, 15) is 4.79 Å². The van der Waals surface area contributed by atoms with Gasteiger partial charge in [-0.15, -0.1) is 0 Å². The van der Waals surface area contributed by atoms with Gasteiger partial charge in [0.15, 0.2) is 5.84 Å². The van der Waals surface area contributed by atoms with Crippen molar-refractivity contribution in [3.8, 4) is 5.75 Å². The minimum Gasteiger partial charge on any atom is -0.489 e. The lowest BCUT2D eigenvalue weighted by Gasteiger charge is -2.20. The number of rotatable bonds is 5. The van der Waals surface area contributed by atoms with Crippen LogP contribution in [0.1, 0.15) is 16.7 Å². The van der Waals surface area contributed by atoms with Crippen molar-refractivity contribution in [2.45, 2.75) is 6.61 Å². The molecule has 0 radical (unpaired) electrons. The summed E-state index contributed by atoms with van der Waals surface area (Å²) in [4.78, 5) is 20.8. The van der Waals surface area contributed by atoms with Crippen molar-refractivity contribution < 1.29 is 9.53 Å². The number of carbonyl (C=O) groups is 1. The molecule has 0 saturated heterocycles. The molecule has 3 heterocycles. The van der Waals surface area contributed by atoms with Gasteiger partial charge in [0.05, 0.1) is 15.6 Å². The van der Waals surface area contributed by atoms with Crippen LogP contribution >= 0.6 is 35.0 Å². The van der Waals surface area contributed by atoms with Gasteiger partial charge in [-0.05, 0) is 65.4 Å². The Morgan fingerprint density at radius 1 is 1.09 bits per heavy atom. The number of hydrazone groups is 1. The number of thioether (sulfide) groups is 1. The zero-order chi connectivity index (χ0) is 23.7. The summed E-state index contributed by atoms with van der Waals surface area (Å²) < 4.78 is 5.80. The number of aliphatic imine (C=N–C) groups is 1. The number of nitrogens with zero attached hydrogens (tertiary/aromatic N) is 4. The number of hydrogen-bond acceptors (Lipinski definition) is 6. The molecule has 2 aliphatic heterocycles. The average Bonchev–Trinajstić information content (AvgIpc) is 3.28. The van der Waals surface area contributed by atoms with Crippen LogP contribution in [0.4, 0.5) is 0 Å². The Balaban J connectivity index is 1.30. The van der Waals surface area contributed by atoms with Crippen molar-refractivity contribution in [3.05, 3.63) is 99.3 Å². The van der Waals surface area contributed by atoms with E-state index in [-0.39, 0.29) is 11.4 Å². The molecule has 7 nitrogen and oxygen atoms in total. The normalized spacial score (nSPS) is 16.4. The number of carbonyl (C=O) groups excluding carboxylic acids is 1. The van der Waals surface area contributed by atoms with Crippen LogP contribution in [0, 0.1) is 5.41 Å². The van der Waals surface area contributed by atoms with Crippen molar-refractivity contribution in [3.63, 3.8) is 0 Å². The first-order valence-corrected chi connectivity index (χ1v) is 11.6. The maximum absolute atomic E-state index is 12.6. The number of fused-ring (bicyclic) bond motifs is 1. The Kier molecular flexibility index (Phi) is 6.19. The number of halogens is 2. The molecular formula is C24H15Cl2N5O2S. The molecule has 168 valence electrons. The second-order valence-corrected chi connectivity index (χ2v) is 9.04. The Bertz CT molecular complexity index is 1390. The van der Waals surface area contributed by atoms with Crippen LogP contribution in [-0.2, 0) is 11.4 Å². The highest BCUT2D eigenvalue weighted by atomic mass is 35.5. The number of ether oxygens (including phenoxy) is 1. The molecule has 0 bridgehead atoms. The van der Waals surface area contributed by atoms with Gasteiger partial charge < -0.3 is 4.74 Å². The summed E-state index contributed by atoms with van der Waals surface area (Å²) in [7, 11) is 0. The minimum absolute atomic E-state index is 0.0265. The third-order valence-electron chi connectivity index (χ3n) is 4.94. The maximum atomic E-state index is 12.6. The molecule has 2 aromatic carbocycles. The summed E-state index contributed by atoms with van der Waals surface area (Å²) in [5.74, 6) is 0.146. The highest BCUT2D eigenvalue weighted by molar-refractivity contribution is 8.27. The maximum Gasteiger partial charge on any atom is 0.283 e. The van der Waals surface area contributed by atoms with Gasteiger partial charge in [-0.3, -0.25) is 15.2 Å². The van der Waals surface area contributed by atoms with Crippen LogP contribution in [0.2, 0.25) is 10.0 Å². The lowest BCUT2D eigenvalue weighted by atomic mass is 10.1. The predicted octanol–water partition coefficient (Wildman–Crippen LogP) is 5.63. The molecule has 0 atom stereocenters. The van der Waals surface area contributed by atoms with Crippen LogP contribution in [0.3, 0.4) is 0 Å². The fourth-order valence-electron chi connectivity index (χ4n) is 3.22. The Morgan fingerprint density at radius 2 is 1.91 bits per heavy atom. The van der Waals surface area contributed by atoms with E-state index in [1.165, 1.54) is 16.8 Å². The van der Waals surface area contributed by atoms with Gasteiger partial charge in [-0.1, -0.05) is 41.4 Å². The second kappa shape index (κ2) is 9.42. The van der Waals surface area contributed by atoms with Crippen molar-refractivity contribution >= 4 is 63.0 Å². The minimum atomic E-state index is -0.480. The monoisotopic (exact) mass is 507 g/mol. The highest BCUT2D eigenvalue weighted by Gasteiger charge is 2.36. The molecule has 0 fully saturated rings. The lowest BCUT2D eigenvalue weighted by molar-refractivity contribution is -0.114. The van der Waals surface area contributed by atoms with Crippen molar-refractivity contribution in [2.24, 2.45) is 10.1 Å². The van der Waals surface area contributed by atoms with Gasteiger partial charge in [-0.2, -0.15) is 15.1 Å². The molecule has 10 heteroatoms. The molecule has 5 rings (SSSR count). The van der Waals surface area contributed by atoms with Gasteiger partial charge in [-0.25, -0.2) is 0 Å². The predicted molar refractivity (Wildman–Crippen MR) is 136 cm³/mol. The van der Waals surface area contributed by atoms with Gasteiger partial charge in [0.25, 0.3) is 5.91 Å². The first-order chi connectivity index (χ1) is 16.5. The highest BCUT2D eigenvalue weighted by Crippen LogP contribution is 2.31. The summed E-state index contributed by atoms with van der Waals surface area (Å²) in [6, 6.07) is 16.2. The molecule has 34 heavy (non-hydrogen) atoms. The van der Waals surface area contributed by atoms with Gasteiger partial charge >= 0.3 is 0 Å². The molecule has 1 aromatic heterocycles. The largest absolute Gasteiger partial charge is 0.489 e. The third-order valence-corrected chi connectivity index (χ3v) is 6.64. The first-order valence-electron chi connectivity index (χ1n) is 10.1. The molecule has 3 aromatic rings. The van der Waals surface area contributed by atoms with E-state index in [2.05, 4.69) is 15.1 Å². The SMILES string of the molecule is N=C1C(=Cc2ccc(OCc3ccc(Cl)c(Cl)c3)cc2)C(=O)N=C2SC(c3cccnc3)=NN12. The molecular weight excluding hydrogens is 493 g/mol. The number of aromatic nitrogens is 1. The first kappa shape index (κ1) is 22.3. The van der Waals surface area contributed by atoms with E-state index >= 15 is 0 Å². The summed E-state index contributed by atoms with van der Waals surface area (Å²) in [5, 5.41) is 16.3. The Morgan fingerprint density at radius 3 is 2.65 bits per heavy atom. The Labute approximate surface area is 209 Å². The van der Waals surface area contributed by atoms with Crippen LogP contribution in [-0.4, -0.2) is 31.9 Å². The summed E-state index contributed by atoms with van der Waals surface area (Å²) >= 11 is 13.2. The zero-order valence-electron chi connectivity index (χ0n) is 17.4. The van der Waals surface area contributed by atoms with Crippen LogP contribution < -0.4 is 4.74 Å². The van der Waals surface area contributed by atoms with E-state index in [1.54, 1.807) is 60.9 Å². The number of benzene rings is 2. The van der Waals surface area contributed by atoms with Gasteiger partial charge in [0.2, 0.25) is 5.17 Å². The van der Waals surface area contributed by atoms with Crippen LogP contribution in [0.25, 0.3) is 6.08 Å². The summed E-state index contributed by atoms with van der Waals surface area (Å²) in [6.45, 7) is 0.335. The molecule has 0 saturated carbocycles. The molecule has 0 spiro atoms. The average molecular weight is 508 g/mol. The molecule has 0 unspecified atom stereocenters. The van der Waals surface area contributed by atoms with Crippen LogP contribution in [0.5, 0.6) is 5.75 Å². The quantitative estimate of drug-likeness (QED) is 0.451. The molecule has 1 N–H and O–H groups in total. The number of hydrogen-bond donors (Lipinski definition) is 1. The number of nitrogens with one attached hydrogen (secondary N) is 1. The van der Waals surface area contributed by atoms with Crippen LogP contribution in [0.15, 0.2) is 82.7 Å². The van der Waals surface area contributed by atoms with E-state index in [0.29, 0.717) is 32.6 Å². The van der Waals surface area contributed by atoms with Gasteiger partial charge in [0, 0.05) is 18.0 Å². The topological polar surface area (TPSA) is 91.0 Å². The standard InChI is InChI=1S/C24H15Cl2N5O2S/c25-19-8-5-15(11-20(19)26)13-33-17-6-3-14(4-7-17)10-18-21(27)31-24(29-22(18)32)34-23(30-31)16-2-1-9-28-12-16/h1-12,27H,13H2. The van der Waals surface area contributed by atoms with E-state index in [0.717, 1.165) is 16.7 Å². The zero-order valence-corrected chi connectivity index (χ0v) is 19.7. The fraction of sp³-hybridized carbons (Fsp3) is 0.0417. The molecule has 0 aliphatic carbocycles. The van der Waals surface area contributed by atoms with E-state index < -0.39 is 5.91 Å². The smallest absolute Gasteiger partial charge is 0.283 e. The third kappa shape index (κ3) is 4.61. The fourth-order valence-corrected chi connectivity index (χ4v) is 4.42. The van der Waals surface area contributed by atoms with Crippen molar-refractivity contribution in [1.29, 1.82) is 5.41 Å². The van der Waals surface area contributed by atoms with Gasteiger partial charge in [0.1, 0.15) is 17.4 Å². The van der Waals surface area contributed by atoms with Crippen molar-refractivity contribution in [1.82, 2.24) is 9.99 Å². The molecule has 1 amide bonds. The number of amides is 1. The summed E-state index contributed by atoms with van der Waals surface area (Å²) in [6.07, 6.45) is 4.97. The number of amidine groups is 2.